The molecule has 1 N–H and O–H groups in total. The first-order valence-electron chi connectivity index (χ1n) is 7.91. The zero-order valence-electron chi connectivity index (χ0n) is 13.5. The molecule has 1 aromatic heterocycles. The molecule has 128 valence electrons. The average Bonchev–Trinajstić information content (AvgIpc) is 3.07. The second-order valence-corrected chi connectivity index (χ2v) is 8.18. The predicted molar refractivity (Wildman–Crippen MR) is 84.6 cm³/mol. The van der Waals surface area contributed by atoms with Gasteiger partial charge in [-0.25, -0.2) is 13.1 Å². The molecule has 0 aromatic carbocycles. The number of nitrogens with one attached hydrogen (secondary N) is 1. The lowest BCUT2D eigenvalue weighted by Gasteiger charge is -2.25. The van der Waals surface area contributed by atoms with E-state index in [1.54, 1.807) is 11.6 Å². The number of carbonyl (C=O) groups is 1. The van der Waals surface area contributed by atoms with Crippen LogP contribution in [0.15, 0.2) is 17.2 Å². The minimum Gasteiger partial charge on any atom is -0.381 e. The Balaban J connectivity index is 1.82. The molecule has 2 heterocycles. The highest BCUT2D eigenvalue weighted by atomic mass is 32.2. The lowest BCUT2D eigenvalue weighted by atomic mass is 10.1. The van der Waals surface area contributed by atoms with E-state index in [1.165, 1.54) is 19.3 Å². The molecule has 1 aromatic rings. The van der Waals surface area contributed by atoms with E-state index in [2.05, 4.69) is 4.72 Å². The lowest BCUT2D eigenvalue weighted by Crippen LogP contribution is -2.38. The minimum absolute atomic E-state index is 0.0977. The van der Waals surface area contributed by atoms with Gasteiger partial charge in [0.2, 0.25) is 10.0 Å². The molecule has 1 saturated heterocycles. The van der Waals surface area contributed by atoms with Crippen LogP contribution in [0, 0.1) is 5.92 Å². The van der Waals surface area contributed by atoms with Crippen LogP contribution in [0.2, 0.25) is 0 Å². The van der Waals surface area contributed by atoms with E-state index >= 15 is 0 Å². The predicted octanol–water partition coefficient (Wildman–Crippen LogP) is 0.574. The van der Waals surface area contributed by atoms with Gasteiger partial charge < -0.3 is 14.2 Å². The summed E-state index contributed by atoms with van der Waals surface area (Å²) in [5, 5.41) is 0. The molecule has 3 rings (SSSR count). The van der Waals surface area contributed by atoms with Crippen LogP contribution in [0.3, 0.4) is 0 Å². The molecule has 1 aliphatic carbocycles. The van der Waals surface area contributed by atoms with E-state index in [4.69, 9.17) is 4.74 Å². The molecule has 7 nitrogen and oxygen atoms in total. The smallest absolute Gasteiger partial charge is 0.270 e. The number of hydrogen-bond donors (Lipinski definition) is 1. The van der Waals surface area contributed by atoms with E-state index in [-0.39, 0.29) is 16.8 Å². The van der Waals surface area contributed by atoms with Crippen LogP contribution in [0.5, 0.6) is 0 Å². The Labute approximate surface area is 136 Å². The second-order valence-electron chi connectivity index (χ2n) is 6.30. The Morgan fingerprint density at radius 3 is 2.74 bits per heavy atom. The van der Waals surface area contributed by atoms with Gasteiger partial charge in [0, 0.05) is 38.4 Å². The first-order chi connectivity index (χ1) is 10.9. The second kappa shape index (κ2) is 6.26. The molecule has 1 amide bonds. The summed E-state index contributed by atoms with van der Waals surface area (Å²) in [5.74, 6) is 0.278. The van der Waals surface area contributed by atoms with Crippen molar-refractivity contribution in [2.75, 3.05) is 26.8 Å². The van der Waals surface area contributed by atoms with Crippen molar-refractivity contribution >= 4 is 15.9 Å². The molecular weight excluding hydrogens is 318 g/mol. The van der Waals surface area contributed by atoms with Gasteiger partial charge in [0.1, 0.15) is 10.6 Å². The van der Waals surface area contributed by atoms with Crippen LogP contribution in [-0.2, 0) is 21.8 Å². The fourth-order valence-corrected chi connectivity index (χ4v) is 3.75. The van der Waals surface area contributed by atoms with E-state index in [0.29, 0.717) is 24.8 Å². The highest BCUT2D eigenvalue weighted by Gasteiger charge is 2.36. The first kappa shape index (κ1) is 16.5. The van der Waals surface area contributed by atoms with E-state index in [0.717, 1.165) is 25.9 Å². The lowest BCUT2D eigenvalue weighted by molar-refractivity contribution is 0.0696. The monoisotopic (exact) mass is 341 g/mol. The van der Waals surface area contributed by atoms with Crippen LogP contribution < -0.4 is 4.72 Å². The van der Waals surface area contributed by atoms with Crippen molar-refractivity contribution in [1.82, 2.24) is 14.2 Å². The fourth-order valence-electron chi connectivity index (χ4n) is 2.95. The number of aromatic nitrogens is 1. The number of amides is 1. The summed E-state index contributed by atoms with van der Waals surface area (Å²) in [6.45, 7) is 2.14. The number of rotatable bonds is 6. The molecule has 0 radical (unpaired) electrons. The third-order valence-electron chi connectivity index (χ3n) is 4.51. The van der Waals surface area contributed by atoms with Gasteiger partial charge in [0.25, 0.3) is 5.91 Å². The van der Waals surface area contributed by atoms with Gasteiger partial charge in [-0.3, -0.25) is 4.79 Å². The summed E-state index contributed by atoms with van der Waals surface area (Å²) < 4.78 is 33.1. The highest BCUT2D eigenvalue weighted by Crippen LogP contribution is 2.30. The Morgan fingerprint density at radius 2 is 2.17 bits per heavy atom. The standard InChI is InChI=1S/C15H23N3O4S/c1-16-23(20,21)13-7-14(17(2)9-13)15(19)18(12-3-4-12)8-11-5-6-22-10-11/h7,9,11-12,16H,3-6,8,10H2,1-2H3. The molecule has 8 heteroatoms. The summed E-state index contributed by atoms with van der Waals surface area (Å²) in [4.78, 5) is 14.9. The minimum atomic E-state index is -3.55. The highest BCUT2D eigenvalue weighted by molar-refractivity contribution is 7.89. The van der Waals surface area contributed by atoms with E-state index in [9.17, 15) is 13.2 Å². The number of sulfonamides is 1. The molecule has 23 heavy (non-hydrogen) atoms. The first-order valence-corrected chi connectivity index (χ1v) is 9.39. The third-order valence-corrected chi connectivity index (χ3v) is 5.89. The third kappa shape index (κ3) is 3.44. The zero-order valence-corrected chi connectivity index (χ0v) is 14.3. The van der Waals surface area contributed by atoms with Gasteiger partial charge >= 0.3 is 0 Å². The Kier molecular flexibility index (Phi) is 4.48. The Bertz CT molecular complexity index is 688. The van der Waals surface area contributed by atoms with Crippen LogP contribution in [-0.4, -0.2) is 56.6 Å². The van der Waals surface area contributed by atoms with Gasteiger partial charge in [0.05, 0.1) is 6.61 Å². The molecule has 2 aliphatic rings. The summed E-state index contributed by atoms with van der Waals surface area (Å²) >= 11 is 0. The maximum absolute atomic E-state index is 12.9. The molecular formula is C15H23N3O4S. The van der Waals surface area contributed by atoms with Gasteiger partial charge in [-0.1, -0.05) is 0 Å². The van der Waals surface area contributed by atoms with Crippen LogP contribution in [0.1, 0.15) is 29.8 Å². The Morgan fingerprint density at radius 1 is 1.43 bits per heavy atom. The van der Waals surface area contributed by atoms with Crippen molar-refractivity contribution in [2.24, 2.45) is 13.0 Å². The summed E-state index contributed by atoms with van der Waals surface area (Å²) in [5.41, 5.74) is 0.407. The van der Waals surface area contributed by atoms with Gasteiger partial charge in [-0.15, -0.1) is 0 Å². The summed E-state index contributed by atoms with van der Waals surface area (Å²) in [6, 6.07) is 1.73. The van der Waals surface area contributed by atoms with E-state index in [1.807, 2.05) is 4.90 Å². The van der Waals surface area contributed by atoms with Crippen LogP contribution >= 0.6 is 0 Å². The number of nitrogens with zero attached hydrogens (tertiary/aromatic N) is 2. The summed E-state index contributed by atoms with van der Waals surface area (Å²) in [7, 11) is -0.486. The Hall–Kier alpha value is -1.38. The maximum atomic E-state index is 12.9. The molecule has 1 unspecified atom stereocenters. The normalized spacial score (nSPS) is 21.6. The fraction of sp³-hybridized carbons (Fsp3) is 0.667. The van der Waals surface area contributed by atoms with Crippen molar-refractivity contribution in [3.63, 3.8) is 0 Å². The summed E-state index contributed by atoms with van der Waals surface area (Å²) in [6.07, 6.45) is 4.49. The van der Waals surface area contributed by atoms with Crippen LogP contribution in [0.4, 0.5) is 0 Å². The largest absolute Gasteiger partial charge is 0.381 e. The van der Waals surface area contributed by atoms with Crippen molar-refractivity contribution < 1.29 is 17.9 Å². The molecule has 1 atom stereocenters. The van der Waals surface area contributed by atoms with Gasteiger partial charge in [-0.2, -0.15) is 0 Å². The van der Waals surface area contributed by atoms with Crippen LogP contribution in [0.25, 0.3) is 0 Å². The topological polar surface area (TPSA) is 80.6 Å². The number of carbonyl (C=O) groups excluding carboxylic acids is 1. The van der Waals surface area contributed by atoms with Gasteiger partial charge in [0.15, 0.2) is 0 Å². The molecule has 0 bridgehead atoms. The van der Waals surface area contributed by atoms with Gasteiger partial charge in [-0.05, 0) is 32.4 Å². The average molecular weight is 341 g/mol. The molecule has 0 spiro atoms. The van der Waals surface area contributed by atoms with Crippen molar-refractivity contribution in [3.8, 4) is 0 Å². The quantitative estimate of drug-likeness (QED) is 0.820. The molecule has 1 saturated carbocycles. The number of hydrogen-bond acceptors (Lipinski definition) is 4. The van der Waals surface area contributed by atoms with Crippen molar-refractivity contribution in [1.29, 1.82) is 0 Å². The zero-order chi connectivity index (χ0) is 16.6. The van der Waals surface area contributed by atoms with Crippen molar-refractivity contribution in [3.05, 3.63) is 18.0 Å². The number of ether oxygens (including phenoxy) is 1. The van der Waals surface area contributed by atoms with Crippen molar-refractivity contribution in [2.45, 2.75) is 30.2 Å². The SMILES string of the molecule is CNS(=O)(=O)c1cc(C(=O)N(CC2CCOC2)C2CC2)n(C)c1. The van der Waals surface area contributed by atoms with E-state index < -0.39 is 10.0 Å². The number of aryl methyl sites for hydroxylation is 1. The maximum Gasteiger partial charge on any atom is 0.270 e. The molecule has 1 aliphatic heterocycles. The molecule has 2 fully saturated rings.